The largest absolute Gasteiger partial charge is 0.356 e. The number of halogens is 1. The Hall–Kier alpha value is -2.11. The maximum absolute atomic E-state index is 13.4. The van der Waals surface area contributed by atoms with Crippen molar-refractivity contribution in [2.75, 3.05) is 20.1 Å². The van der Waals surface area contributed by atoms with Gasteiger partial charge in [0.2, 0.25) is 5.91 Å². The molecule has 0 radical (unpaired) electrons. The highest BCUT2D eigenvalue weighted by molar-refractivity contribution is 5.81. The summed E-state index contributed by atoms with van der Waals surface area (Å²) in [4.78, 5) is 15.8. The van der Waals surface area contributed by atoms with Crippen LogP contribution in [0, 0.1) is 5.82 Å². The van der Waals surface area contributed by atoms with E-state index < -0.39 is 0 Å². The van der Waals surface area contributed by atoms with E-state index in [0.717, 1.165) is 5.56 Å². The van der Waals surface area contributed by atoms with Gasteiger partial charge in [0.05, 0.1) is 0 Å². The molecular formula is C18H29FN4O. The second-order valence-corrected chi connectivity index (χ2v) is 6.72. The number of aliphatic imine (C=N–C) groups is 1. The average molecular weight is 336 g/mol. The van der Waals surface area contributed by atoms with Crippen molar-refractivity contribution in [2.45, 2.75) is 45.6 Å². The van der Waals surface area contributed by atoms with E-state index in [0.29, 0.717) is 25.5 Å². The zero-order valence-electron chi connectivity index (χ0n) is 15.2. The summed E-state index contributed by atoms with van der Waals surface area (Å²) in [6, 6.07) is 6.76. The van der Waals surface area contributed by atoms with E-state index >= 15 is 0 Å². The molecule has 1 amide bonds. The zero-order chi connectivity index (χ0) is 18.2. The van der Waals surface area contributed by atoms with E-state index in [9.17, 15) is 9.18 Å². The Morgan fingerprint density at radius 2 is 2.00 bits per heavy atom. The van der Waals surface area contributed by atoms with Crippen LogP contribution in [-0.2, 0) is 10.2 Å². The van der Waals surface area contributed by atoms with E-state index in [1.165, 1.54) is 6.07 Å². The first-order chi connectivity index (χ1) is 11.2. The lowest BCUT2D eigenvalue weighted by Gasteiger charge is -2.26. The molecular weight excluding hydrogens is 307 g/mol. The lowest BCUT2D eigenvalue weighted by atomic mass is 9.84. The number of rotatable bonds is 7. The standard InChI is InChI=1S/C18H29FN4O/c1-13(2)23-16(24)9-10-21-17(20-5)22-12-18(3,4)14-7-6-8-15(19)11-14/h6-8,11,13H,9-10,12H2,1-5H3,(H,23,24)(H2,20,21,22). The van der Waals surface area contributed by atoms with Crippen molar-refractivity contribution >= 4 is 11.9 Å². The van der Waals surface area contributed by atoms with Gasteiger partial charge < -0.3 is 16.0 Å². The Morgan fingerprint density at radius 1 is 1.29 bits per heavy atom. The molecule has 0 unspecified atom stereocenters. The lowest BCUT2D eigenvalue weighted by molar-refractivity contribution is -0.121. The van der Waals surface area contributed by atoms with Gasteiger partial charge in [-0.15, -0.1) is 0 Å². The van der Waals surface area contributed by atoms with Gasteiger partial charge in [-0.2, -0.15) is 0 Å². The van der Waals surface area contributed by atoms with Crippen molar-refractivity contribution in [1.82, 2.24) is 16.0 Å². The molecule has 24 heavy (non-hydrogen) atoms. The van der Waals surface area contributed by atoms with Crippen LogP contribution < -0.4 is 16.0 Å². The molecule has 1 aromatic rings. The van der Waals surface area contributed by atoms with Crippen LogP contribution in [0.1, 0.15) is 39.7 Å². The Labute approximate surface area is 144 Å². The molecule has 0 aliphatic heterocycles. The first-order valence-electron chi connectivity index (χ1n) is 8.24. The predicted molar refractivity (Wildman–Crippen MR) is 96.7 cm³/mol. The first kappa shape index (κ1) is 19.9. The normalized spacial score (nSPS) is 12.2. The smallest absolute Gasteiger partial charge is 0.221 e. The van der Waals surface area contributed by atoms with Gasteiger partial charge in [0.1, 0.15) is 5.82 Å². The van der Waals surface area contributed by atoms with Crippen molar-refractivity contribution < 1.29 is 9.18 Å². The highest BCUT2D eigenvalue weighted by atomic mass is 19.1. The van der Waals surface area contributed by atoms with Gasteiger partial charge in [0.25, 0.3) is 0 Å². The molecule has 134 valence electrons. The van der Waals surface area contributed by atoms with Crippen LogP contribution in [-0.4, -0.2) is 38.0 Å². The summed E-state index contributed by atoms with van der Waals surface area (Å²) in [6.45, 7) is 9.03. The van der Waals surface area contributed by atoms with Gasteiger partial charge in [-0.25, -0.2) is 4.39 Å². The van der Waals surface area contributed by atoms with E-state index in [4.69, 9.17) is 0 Å². The molecule has 0 saturated carbocycles. The summed E-state index contributed by atoms with van der Waals surface area (Å²) in [6.07, 6.45) is 0.381. The molecule has 0 aromatic heterocycles. The minimum Gasteiger partial charge on any atom is -0.356 e. The van der Waals surface area contributed by atoms with E-state index in [1.54, 1.807) is 19.2 Å². The third kappa shape index (κ3) is 6.98. The molecule has 1 aromatic carbocycles. The molecule has 0 heterocycles. The monoisotopic (exact) mass is 336 g/mol. The maximum Gasteiger partial charge on any atom is 0.221 e. The van der Waals surface area contributed by atoms with Crippen LogP contribution in [0.3, 0.4) is 0 Å². The highest BCUT2D eigenvalue weighted by Crippen LogP contribution is 2.22. The van der Waals surface area contributed by atoms with Crippen LogP contribution in [0.2, 0.25) is 0 Å². The van der Waals surface area contributed by atoms with Crippen molar-refractivity contribution in [3.63, 3.8) is 0 Å². The number of hydrogen-bond donors (Lipinski definition) is 3. The minimum absolute atomic E-state index is 0.00745. The first-order valence-corrected chi connectivity index (χ1v) is 8.24. The third-order valence-electron chi connectivity index (χ3n) is 3.62. The van der Waals surface area contributed by atoms with Crippen LogP contribution >= 0.6 is 0 Å². The molecule has 6 heteroatoms. The summed E-state index contributed by atoms with van der Waals surface area (Å²) < 4.78 is 13.4. The summed E-state index contributed by atoms with van der Waals surface area (Å²) in [5.41, 5.74) is 0.663. The summed E-state index contributed by atoms with van der Waals surface area (Å²) in [7, 11) is 1.68. The van der Waals surface area contributed by atoms with Crippen molar-refractivity contribution in [1.29, 1.82) is 0 Å². The molecule has 0 saturated heterocycles. The molecule has 0 aliphatic carbocycles. The molecule has 3 N–H and O–H groups in total. The topological polar surface area (TPSA) is 65.5 Å². The number of hydrogen-bond acceptors (Lipinski definition) is 2. The van der Waals surface area contributed by atoms with Crippen LogP contribution in [0.5, 0.6) is 0 Å². The fourth-order valence-corrected chi connectivity index (χ4v) is 2.23. The molecule has 0 bridgehead atoms. The van der Waals surface area contributed by atoms with Crippen LogP contribution in [0.25, 0.3) is 0 Å². The van der Waals surface area contributed by atoms with E-state index in [-0.39, 0.29) is 23.2 Å². The number of nitrogens with zero attached hydrogens (tertiary/aromatic N) is 1. The van der Waals surface area contributed by atoms with Crippen molar-refractivity contribution in [2.24, 2.45) is 4.99 Å². The summed E-state index contributed by atoms with van der Waals surface area (Å²) in [5.74, 6) is 0.393. The molecule has 0 aliphatic rings. The third-order valence-corrected chi connectivity index (χ3v) is 3.62. The fourth-order valence-electron chi connectivity index (χ4n) is 2.23. The van der Waals surface area contributed by atoms with Crippen LogP contribution in [0.4, 0.5) is 4.39 Å². The predicted octanol–water partition coefficient (Wildman–Crippen LogP) is 2.18. The second kappa shape index (κ2) is 9.25. The van der Waals surface area contributed by atoms with Gasteiger partial charge in [-0.1, -0.05) is 26.0 Å². The fraction of sp³-hybridized carbons (Fsp3) is 0.556. The Morgan fingerprint density at radius 3 is 2.58 bits per heavy atom. The maximum atomic E-state index is 13.4. The Balaban J connectivity index is 2.47. The summed E-state index contributed by atoms with van der Waals surface area (Å²) in [5, 5.41) is 9.18. The molecule has 0 fully saturated rings. The second-order valence-electron chi connectivity index (χ2n) is 6.72. The Kier molecular flexibility index (Phi) is 7.68. The SMILES string of the molecule is CN=C(NCCC(=O)NC(C)C)NCC(C)(C)c1cccc(F)c1. The van der Waals surface area contributed by atoms with Crippen LogP contribution in [0.15, 0.2) is 29.3 Å². The van der Waals surface area contributed by atoms with Gasteiger partial charge in [-0.05, 0) is 31.5 Å². The van der Waals surface area contributed by atoms with E-state index in [2.05, 4.69) is 20.9 Å². The number of guanidine groups is 1. The highest BCUT2D eigenvalue weighted by Gasteiger charge is 2.21. The lowest BCUT2D eigenvalue weighted by Crippen LogP contribution is -2.44. The quantitative estimate of drug-likeness (QED) is 0.528. The number of amides is 1. The average Bonchev–Trinajstić information content (AvgIpc) is 2.50. The zero-order valence-corrected chi connectivity index (χ0v) is 15.2. The van der Waals surface area contributed by atoms with Gasteiger partial charge in [0, 0.05) is 38.0 Å². The molecule has 1 rings (SSSR count). The molecule has 0 spiro atoms. The van der Waals surface area contributed by atoms with Crippen molar-refractivity contribution in [3.05, 3.63) is 35.6 Å². The number of carbonyl (C=O) groups excluding carboxylic acids is 1. The van der Waals surface area contributed by atoms with Crippen molar-refractivity contribution in [3.8, 4) is 0 Å². The minimum atomic E-state index is -0.255. The number of nitrogens with one attached hydrogen (secondary N) is 3. The van der Waals surface area contributed by atoms with Gasteiger partial charge in [0.15, 0.2) is 5.96 Å². The number of carbonyl (C=O) groups is 1. The van der Waals surface area contributed by atoms with Gasteiger partial charge in [-0.3, -0.25) is 9.79 Å². The number of benzene rings is 1. The van der Waals surface area contributed by atoms with Gasteiger partial charge >= 0.3 is 0 Å². The Bertz CT molecular complexity index is 570. The van der Waals surface area contributed by atoms with E-state index in [1.807, 2.05) is 33.8 Å². The molecule has 5 nitrogen and oxygen atoms in total. The summed E-state index contributed by atoms with van der Waals surface area (Å²) >= 11 is 0. The molecule has 0 atom stereocenters.